The summed E-state index contributed by atoms with van der Waals surface area (Å²) in [7, 11) is 3.37. The second-order valence-electron chi connectivity index (χ2n) is 8.31. The van der Waals surface area contributed by atoms with Gasteiger partial charge in [0.2, 0.25) is 11.8 Å². The predicted octanol–water partition coefficient (Wildman–Crippen LogP) is 4.07. The Morgan fingerprint density at radius 2 is 1.72 bits per heavy atom. The molecule has 0 spiro atoms. The van der Waals surface area contributed by atoms with Crippen LogP contribution in [0.1, 0.15) is 12.6 Å². The molecule has 4 heterocycles. The molecular weight excluding hydrogens is 458 g/mol. The standard InChI is InChI=1S/C27H27N5O4/c1-5-35-24-10-7-19(15-29-24)18-6-8-21-20(14-18)26-23(16-28-21)31(3)27(33)32(26)22-9-11-25(30-17(22)2)36-13-12-34-4/h6-11,14-16H,5,12-13H2,1-4H3. The Morgan fingerprint density at radius 1 is 0.917 bits per heavy atom. The van der Waals surface area contributed by atoms with Gasteiger partial charge >= 0.3 is 5.69 Å². The number of fused-ring (bicyclic) bond motifs is 3. The lowest BCUT2D eigenvalue weighted by Gasteiger charge is -2.11. The third-order valence-electron chi connectivity index (χ3n) is 6.06. The van der Waals surface area contributed by atoms with E-state index < -0.39 is 0 Å². The molecule has 0 amide bonds. The highest BCUT2D eigenvalue weighted by molar-refractivity contribution is 6.04. The number of benzene rings is 1. The van der Waals surface area contributed by atoms with Gasteiger partial charge in [-0.05, 0) is 43.7 Å². The van der Waals surface area contributed by atoms with Gasteiger partial charge in [-0.15, -0.1) is 0 Å². The van der Waals surface area contributed by atoms with Crippen LogP contribution in [0.5, 0.6) is 11.8 Å². The smallest absolute Gasteiger partial charge is 0.333 e. The van der Waals surface area contributed by atoms with Gasteiger partial charge in [0.05, 0.1) is 47.3 Å². The first-order valence-electron chi connectivity index (χ1n) is 11.7. The SMILES string of the molecule is CCOc1ccc(-c2ccc3ncc4c(c3c2)n(-c2ccc(OCCOC)nc2C)c(=O)n4C)cn1. The van der Waals surface area contributed by atoms with Gasteiger partial charge in [0, 0.05) is 43.4 Å². The molecule has 1 aromatic carbocycles. The summed E-state index contributed by atoms with van der Waals surface area (Å²) in [4.78, 5) is 27.0. The molecule has 0 radical (unpaired) electrons. The third-order valence-corrected chi connectivity index (χ3v) is 6.06. The number of nitrogens with zero attached hydrogens (tertiary/aromatic N) is 5. The van der Waals surface area contributed by atoms with Crippen LogP contribution in [-0.4, -0.2) is 51.0 Å². The number of hydrogen-bond donors (Lipinski definition) is 0. The van der Waals surface area contributed by atoms with E-state index in [0.717, 1.165) is 33.1 Å². The molecule has 0 aliphatic carbocycles. The van der Waals surface area contributed by atoms with E-state index in [2.05, 4.69) is 15.0 Å². The highest BCUT2D eigenvalue weighted by Crippen LogP contribution is 2.30. The van der Waals surface area contributed by atoms with Gasteiger partial charge < -0.3 is 14.2 Å². The topological polar surface area (TPSA) is 93.3 Å². The van der Waals surface area contributed by atoms with Gasteiger partial charge in [-0.1, -0.05) is 6.07 Å². The summed E-state index contributed by atoms with van der Waals surface area (Å²) in [5.41, 5.74) is 5.38. The molecule has 36 heavy (non-hydrogen) atoms. The number of methoxy groups -OCH3 is 1. The van der Waals surface area contributed by atoms with Crippen molar-refractivity contribution < 1.29 is 14.2 Å². The van der Waals surface area contributed by atoms with E-state index in [1.165, 1.54) is 0 Å². The Labute approximate surface area is 207 Å². The quantitative estimate of drug-likeness (QED) is 0.306. The molecule has 0 saturated heterocycles. The average molecular weight is 486 g/mol. The largest absolute Gasteiger partial charge is 0.478 e. The maximum Gasteiger partial charge on any atom is 0.333 e. The molecule has 9 nitrogen and oxygen atoms in total. The van der Waals surface area contributed by atoms with Crippen molar-refractivity contribution in [3.8, 4) is 28.6 Å². The molecule has 0 fully saturated rings. The number of hydrogen-bond acceptors (Lipinski definition) is 7. The molecule has 184 valence electrons. The fourth-order valence-corrected chi connectivity index (χ4v) is 4.26. The van der Waals surface area contributed by atoms with Gasteiger partial charge in [-0.3, -0.25) is 14.1 Å². The molecule has 0 saturated carbocycles. The molecule has 0 bridgehead atoms. The van der Waals surface area contributed by atoms with E-state index in [-0.39, 0.29) is 5.69 Å². The number of ether oxygens (including phenoxy) is 3. The molecule has 0 aliphatic heterocycles. The van der Waals surface area contributed by atoms with E-state index in [1.807, 2.05) is 50.2 Å². The number of pyridine rings is 3. The lowest BCUT2D eigenvalue weighted by atomic mass is 10.0. The normalized spacial score (nSPS) is 11.3. The second-order valence-corrected chi connectivity index (χ2v) is 8.31. The minimum atomic E-state index is -0.176. The first-order chi connectivity index (χ1) is 17.5. The zero-order valence-electron chi connectivity index (χ0n) is 20.7. The molecule has 0 atom stereocenters. The van der Waals surface area contributed by atoms with Crippen LogP contribution in [-0.2, 0) is 11.8 Å². The molecule has 5 rings (SSSR count). The van der Waals surface area contributed by atoms with Crippen molar-refractivity contribution in [2.75, 3.05) is 26.9 Å². The van der Waals surface area contributed by atoms with Crippen LogP contribution in [0.4, 0.5) is 0 Å². The van der Waals surface area contributed by atoms with Gasteiger partial charge in [0.25, 0.3) is 0 Å². The highest BCUT2D eigenvalue weighted by atomic mass is 16.5. The fourth-order valence-electron chi connectivity index (χ4n) is 4.26. The minimum absolute atomic E-state index is 0.176. The predicted molar refractivity (Wildman–Crippen MR) is 138 cm³/mol. The molecule has 0 N–H and O–H groups in total. The van der Waals surface area contributed by atoms with E-state index in [9.17, 15) is 4.79 Å². The van der Waals surface area contributed by atoms with Crippen molar-refractivity contribution >= 4 is 21.9 Å². The van der Waals surface area contributed by atoms with E-state index in [0.29, 0.717) is 43.0 Å². The summed E-state index contributed by atoms with van der Waals surface area (Å²) in [6.07, 6.45) is 3.52. The van der Waals surface area contributed by atoms with Crippen LogP contribution in [0, 0.1) is 6.92 Å². The lowest BCUT2D eigenvalue weighted by molar-refractivity contribution is 0.143. The lowest BCUT2D eigenvalue weighted by Crippen LogP contribution is -2.21. The van der Waals surface area contributed by atoms with Crippen molar-refractivity contribution in [2.45, 2.75) is 13.8 Å². The fraction of sp³-hybridized carbons (Fsp3) is 0.259. The van der Waals surface area contributed by atoms with Crippen LogP contribution in [0.15, 0.2) is 59.7 Å². The first kappa shape index (κ1) is 23.5. The number of aromatic nitrogens is 5. The highest BCUT2D eigenvalue weighted by Gasteiger charge is 2.19. The van der Waals surface area contributed by atoms with E-state index >= 15 is 0 Å². The van der Waals surface area contributed by atoms with Crippen LogP contribution < -0.4 is 15.2 Å². The van der Waals surface area contributed by atoms with E-state index in [4.69, 9.17) is 14.2 Å². The van der Waals surface area contributed by atoms with Gasteiger partial charge in [-0.2, -0.15) is 0 Å². The maximum atomic E-state index is 13.4. The number of imidazole rings is 1. The average Bonchev–Trinajstić information content (AvgIpc) is 3.15. The first-order valence-corrected chi connectivity index (χ1v) is 11.7. The summed E-state index contributed by atoms with van der Waals surface area (Å²) >= 11 is 0. The maximum absolute atomic E-state index is 13.4. The Bertz CT molecular complexity index is 1610. The zero-order chi connectivity index (χ0) is 25.2. The van der Waals surface area contributed by atoms with Crippen molar-refractivity contribution in [3.63, 3.8) is 0 Å². The number of rotatable bonds is 8. The van der Waals surface area contributed by atoms with Crippen LogP contribution in [0.3, 0.4) is 0 Å². The Hall–Kier alpha value is -4.24. The summed E-state index contributed by atoms with van der Waals surface area (Å²) in [6.45, 7) is 5.22. The van der Waals surface area contributed by atoms with Gasteiger partial charge in [0.15, 0.2) is 0 Å². The molecule has 9 heteroatoms. The Balaban J connectivity index is 1.67. The summed E-state index contributed by atoms with van der Waals surface area (Å²) in [6, 6.07) is 13.5. The Morgan fingerprint density at radius 3 is 2.44 bits per heavy atom. The van der Waals surface area contributed by atoms with Crippen molar-refractivity contribution in [2.24, 2.45) is 7.05 Å². The van der Waals surface area contributed by atoms with Gasteiger partial charge in [-0.25, -0.2) is 14.8 Å². The Kier molecular flexibility index (Phi) is 6.39. The van der Waals surface area contributed by atoms with Crippen molar-refractivity contribution in [1.29, 1.82) is 0 Å². The van der Waals surface area contributed by atoms with Gasteiger partial charge in [0.1, 0.15) is 6.61 Å². The third kappa shape index (κ3) is 4.18. The number of aryl methyl sites for hydroxylation is 2. The molecule has 0 unspecified atom stereocenters. The van der Waals surface area contributed by atoms with Crippen LogP contribution in [0.25, 0.3) is 38.8 Å². The molecular formula is C27H27N5O4. The summed E-state index contributed by atoms with van der Waals surface area (Å²) in [5.74, 6) is 1.07. The minimum Gasteiger partial charge on any atom is -0.478 e. The monoisotopic (exact) mass is 485 g/mol. The second kappa shape index (κ2) is 9.79. The molecule has 5 aromatic rings. The van der Waals surface area contributed by atoms with Crippen LogP contribution in [0.2, 0.25) is 0 Å². The van der Waals surface area contributed by atoms with E-state index in [1.54, 1.807) is 41.8 Å². The van der Waals surface area contributed by atoms with Crippen molar-refractivity contribution in [3.05, 3.63) is 71.0 Å². The van der Waals surface area contributed by atoms with Crippen LogP contribution >= 0.6 is 0 Å². The summed E-state index contributed by atoms with van der Waals surface area (Å²) < 4.78 is 19.5. The van der Waals surface area contributed by atoms with Crippen molar-refractivity contribution in [1.82, 2.24) is 24.1 Å². The molecule has 4 aromatic heterocycles. The molecule has 0 aliphatic rings. The zero-order valence-corrected chi connectivity index (χ0v) is 20.7. The summed E-state index contributed by atoms with van der Waals surface area (Å²) in [5, 5.41) is 0.858.